The Morgan fingerprint density at radius 1 is 1.08 bits per heavy atom. The van der Waals surface area contributed by atoms with Gasteiger partial charge in [-0.05, 0) is 79.7 Å². The molecule has 0 radical (unpaired) electrons. The number of nitrogens with one attached hydrogen (secondary N) is 1. The van der Waals surface area contributed by atoms with Crippen LogP contribution >= 0.6 is 0 Å². The molecular formula is C29H26F2N4O3. The van der Waals surface area contributed by atoms with Gasteiger partial charge in [0.05, 0.1) is 17.0 Å². The first-order chi connectivity index (χ1) is 18.4. The predicted octanol–water partition coefficient (Wildman–Crippen LogP) is 5.91. The van der Waals surface area contributed by atoms with Gasteiger partial charge in [0, 0.05) is 47.4 Å². The lowest BCUT2D eigenvalue weighted by atomic mass is 9.47. The van der Waals surface area contributed by atoms with Crippen molar-refractivity contribution in [1.82, 2.24) is 14.8 Å². The van der Waals surface area contributed by atoms with E-state index < -0.39 is 17.6 Å². The summed E-state index contributed by atoms with van der Waals surface area (Å²) in [4.78, 5) is 11.5. The number of rotatable bonds is 4. The first kappa shape index (κ1) is 23.4. The fourth-order valence-corrected chi connectivity index (χ4v) is 7.32. The molecule has 0 bridgehead atoms. The Morgan fingerprint density at radius 3 is 2.53 bits per heavy atom. The van der Waals surface area contributed by atoms with Crippen molar-refractivity contribution in [3.8, 4) is 11.8 Å². The van der Waals surface area contributed by atoms with Crippen molar-refractivity contribution in [1.29, 1.82) is 5.26 Å². The summed E-state index contributed by atoms with van der Waals surface area (Å²) in [6, 6.07) is 10.1. The number of benzene rings is 2. The summed E-state index contributed by atoms with van der Waals surface area (Å²) in [6.07, 6.45) is 4.87. The molecule has 38 heavy (non-hydrogen) atoms. The van der Waals surface area contributed by atoms with E-state index in [9.17, 15) is 23.9 Å². The predicted molar refractivity (Wildman–Crippen MR) is 135 cm³/mol. The van der Waals surface area contributed by atoms with Gasteiger partial charge in [-0.2, -0.15) is 10.4 Å². The maximum Gasteiger partial charge on any atom is 0.306 e. The van der Waals surface area contributed by atoms with Crippen LogP contribution in [-0.2, 0) is 9.53 Å². The number of nitrogens with zero attached hydrogens (tertiary/aromatic N) is 3. The van der Waals surface area contributed by atoms with E-state index in [4.69, 9.17) is 4.74 Å². The Bertz CT molecular complexity index is 1650. The molecule has 0 unspecified atom stereocenters. The van der Waals surface area contributed by atoms with E-state index in [1.165, 1.54) is 11.6 Å². The van der Waals surface area contributed by atoms with Crippen molar-refractivity contribution in [3.05, 3.63) is 58.9 Å². The molecule has 2 saturated carbocycles. The largest absolute Gasteiger partial charge is 0.481 e. The number of hydrogen-bond acceptors (Lipinski definition) is 4. The van der Waals surface area contributed by atoms with Gasteiger partial charge in [-0.1, -0.05) is 0 Å². The van der Waals surface area contributed by atoms with Crippen LogP contribution in [0, 0.1) is 34.3 Å². The van der Waals surface area contributed by atoms with Gasteiger partial charge in [-0.15, -0.1) is 0 Å². The maximum absolute atomic E-state index is 14.5. The number of hydrogen-bond donors (Lipinski definition) is 2. The zero-order valence-electron chi connectivity index (χ0n) is 20.6. The minimum absolute atomic E-state index is 0.0726. The van der Waals surface area contributed by atoms with Crippen LogP contribution in [0.5, 0.6) is 0 Å². The van der Waals surface area contributed by atoms with Gasteiger partial charge in [-0.3, -0.25) is 9.89 Å². The molecular weight excluding hydrogens is 490 g/mol. The van der Waals surface area contributed by atoms with Crippen LogP contribution in [-0.4, -0.2) is 39.1 Å². The molecule has 1 saturated heterocycles. The monoisotopic (exact) mass is 516 g/mol. The highest BCUT2D eigenvalue weighted by molar-refractivity contribution is 6.00. The van der Waals surface area contributed by atoms with Gasteiger partial charge in [0.15, 0.2) is 17.3 Å². The second-order valence-electron chi connectivity index (χ2n) is 11.3. The number of carbonyl (C=O) groups is 1. The summed E-state index contributed by atoms with van der Waals surface area (Å²) in [5, 5.41) is 27.9. The molecule has 2 aromatic heterocycles. The molecule has 2 aromatic carbocycles. The SMILES string of the molecule is N#Cc1n[nH]c2cc3c(C4CC5(CC(C(=O)O)C5)C4)c(C4CCOCC4)n(-c4ccc(F)c(F)c4)c3cc12. The highest BCUT2D eigenvalue weighted by Crippen LogP contribution is 2.65. The number of fused-ring (bicyclic) bond motifs is 2. The summed E-state index contributed by atoms with van der Waals surface area (Å²) < 4.78 is 36.2. The average molecular weight is 517 g/mol. The molecule has 2 N–H and O–H groups in total. The fraction of sp³-hybridized carbons (Fsp3) is 0.414. The molecule has 1 aliphatic heterocycles. The first-order valence-corrected chi connectivity index (χ1v) is 13.1. The Morgan fingerprint density at radius 2 is 1.84 bits per heavy atom. The van der Waals surface area contributed by atoms with E-state index in [2.05, 4.69) is 16.3 Å². The van der Waals surface area contributed by atoms with Crippen LogP contribution in [0.25, 0.3) is 27.5 Å². The summed E-state index contributed by atoms with van der Waals surface area (Å²) in [5.41, 5.74) is 4.75. The van der Waals surface area contributed by atoms with Crippen LogP contribution in [0.4, 0.5) is 8.78 Å². The second-order valence-corrected chi connectivity index (χ2v) is 11.3. The van der Waals surface area contributed by atoms with Crippen molar-refractivity contribution >= 4 is 27.8 Å². The molecule has 194 valence electrons. The summed E-state index contributed by atoms with van der Waals surface area (Å²) in [6.45, 7) is 1.25. The van der Waals surface area contributed by atoms with Gasteiger partial charge in [0.25, 0.3) is 0 Å². The minimum Gasteiger partial charge on any atom is -0.481 e. The number of carboxylic acid groups (broad SMARTS) is 1. The van der Waals surface area contributed by atoms with E-state index in [1.807, 2.05) is 16.7 Å². The number of aromatic amines is 1. The van der Waals surface area contributed by atoms with Gasteiger partial charge in [-0.25, -0.2) is 8.78 Å². The quantitative estimate of drug-likeness (QED) is 0.351. The van der Waals surface area contributed by atoms with Crippen LogP contribution in [0.1, 0.15) is 67.3 Å². The van der Waals surface area contributed by atoms with Gasteiger partial charge < -0.3 is 14.4 Å². The van der Waals surface area contributed by atoms with Crippen LogP contribution < -0.4 is 0 Å². The van der Waals surface area contributed by atoms with Crippen molar-refractivity contribution in [3.63, 3.8) is 0 Å². The number of nitriles is 1. The van der Waals surface area contributed by atoms with Crippen LogP contribution in [0.3, 0.4) is 0 Å². The summed E-state index contributed by atoms with van der Waals surface area (Å²) >= 11 is 0. The molecule has 9 heteroatoms. The number of aliphatic carboxylic acids is 1. The fourth-order valence-electron chi connectivity index (χ4n) is 7.32. The Balaban J connectivity index is 1.46. The van der Waals surface area contributed by atoms with Crippen molar-refractivity contribution in [2.24, 2.45) is 11.3 Å². The third-order valence-corrected chi connectivity index (χ3v) is 9.08. The standard InChI is InChI=1S/C29H26F2N4O3/c30-21-2-1-18(7-22(21)31)35-25-9-19-23(33-34-24(19)14-32)8-20(25)26(27(35)15-3-5-38-6-4-15)16-10-29(11-16)12-17(13-29)28(36)37/h1-2,7-9,15-17H,3-6,10-13H2,(H,33,34)(H,36,37). The molecule has 1 spiro atoms. The van der Waals surface area contributed by atoms with E-state index >= 15 is 0 Å². The van der Waals surface area contributed by atoms with Gasteiger partial charge >= 0.3 is 5.97 Å². The molecule has 3 fully saturated rings. The molecule has 4 aromatic rings. The Labute approximate surface area is 217 Å². The third-order valence-electron chi connectivity index (χ3n) is 9.08. The molecule has 2 aliphatic carbocycles. The maximum atomic E-state index is 14.5. The van der Waals surface area contributed by atoms with Crippen LogP contribution in [0.2, 0.25) is 0 Å². The molecule has 7 rings (SSSR count). The van der Waals surface area contributed by atoms with Gasteiger partial charge in [0.1, 0.15) is 6.07 Å². The lowest BCUT2D eigenvalue weighted by Gasteiger charge is -2.57. The lowest BCUT2D eigenvalue weighted by molar-refractivity contribution is -0.155. The molecule has 3 aliphatic rings. The molecule has 7 nitrogen and oxygen atoms in total. The average Bonchev–Trinajstić information content (AvgIpc) is 3.41. The third kappa shape index (κ3) is 3.39. The van der Waals surface area contributed by atoms with Crippen LogP contribution in [0.15, 0.2) is 30.3 Å². The Hall–Kier alpha value is -3.77. The molecule has 0 amide bonds. The molecule has 0 atom stereocenters. The van der Waals surface area contributed by atoms with E-state index in [0.29, 0.717) is 37.1 Å². The summed E-state index contributed by atoms with van der Waals surface area (Å²) in [7, 11) is 0. The number of H-pyrrole nitrogens is 1. The van der Waals surface area contributed by atoms with Crippen molar-refractivity contribution in [2.75, 3.05) is 13.2 Å². The second kappa shape index (κ2) is 8.37. The smallest absolute Gasteiger partial charge is 0.306 e. The topological polar surface area (TPSA) is 104 Å². The van der Waals surface area contributed by atoms with E-state index in [0.717, 1.165) is 53.9 Å². The minimum atomic E-state index is -0.914. The summed E-state index contributed by atoms with van der Waals surface area (Å²) in [5.74, 6) is -2.40. The highest BCUT2D eigenvalue weighted by Gasteiger charge is 2.56. The zero-order chi connectivity index (χ0) is 26.2. The zero-order valence-corrected chi connectivity index (χ0v) is 20.6. The highest BCUT2D eigenvalue weighted by atomic mass is 19.2. The number of halogens is 2. The van der Waals surface area contributed by atoms with Crippen molar-refractivity contribution < 1.29 is 23.4 Å². The number of ether oxygens (including phenoxy) is 1. The molecule has 3 heterocycles. The Kier molecular flexibility index (Phi) is 5.14. The van der Waals surface area contributed by atoms with E-state index in [1.54, 1.807) is 6.07 Å². The number of carboxylic acids is 1. The normalized spacial score (nSPS) is 25.4. The van der Waals surface area contributed by atoms with Crippen molar-refractivity contribution in [2.45, 2.75) is 50.4 Å². The van der Waals surface area contributed by atoms with E-state index in [-0.39, 0.29) is 28.9 Å². The number of aromatic nitrogens is 3. The lowest BCUT2D eigenvalue weighted by Crippen LogP contribution is -2.49. The first-order valence-electron chi connectivity index (χ1n) is 13.1. The van der Waals surface area contributed by atoms with Gasteiger partial charge in [0.2, 0.25) is 0 Å².